The number of nitrogens with two attached hydrogens (primary N) is 1. The summed E-state index contributed by atoms with van der Waals surface area (Å²) in [5, 5.41) is 2.14. The molecule has 1 aromatic rings. The van der Waals surface area contributed by atoms with Crippen molar-refractivity contribution in [3.63, 3.8) is 0 Å². The second kappa shape index (κ2) is 4.64. The fraction of sp³-hybridized carbons (Fsp3) is 0.667. The monoisotopic (exact) mass is 224 g/mol. The van der Waals surface area contributed by atoms with E-state index in [4.69, 9.17) is 5.73 Å². The molecule has 1 heterocycles. The molecular weight excluding hydrogens is 204 g/mol. The van der Waals surface area contributed by atoms with Crippen LogP contribution in [0.15, 0.2) is 17.5 Å². The lowest BCUT2D eigenvalue weighted by molar-refractivity contribution is 0.0997. The molecule has 1 fully saturated rings. The van der Waals surface area contributed by atoms with Crippen LogP contribution in [0.2, 0.25) is 0 Å². The first-order chi connectivity index (χ1) is 7.20. The Kier molecular flexibility index (Phi) is 3.44. The van der Waals surface area contributed by atoms with Crippen molar-refractivity contribution in [1.82, 2.24) is 4.90 Å². The standard InChI is InChI=1S/C12H20N2S/c1-9(13)12(11-7-4-8-15-11)14(2)10-5-3-6-10/h4,7-10,12H,3,5-6,13H2,1-2H3. The van der Waals surface area contributed by atoms with Crippen molar-refractivity contribution in [1.29, 1.82) is 0 Å². The Morgan fingerprint density at radius 1 is 1.53 bits per heavy atom. The molecule has 0 saturated heterocycles. The van der Waals surface area contributed by atoms with Crippen LogP contribution in [0.3, 0.4) is 0 Å². The molecule has 0 amide bonds. The maximum atomic E-state index is 6.11. The number of likely N-dealkylation sites (N-methyl/N-ethyl adjacent to an activating group) is 1. The molecule has 1 aromatic heterocycles. The van der Waals surface area contributed by atoms with Gasteiger partial charge in [0.05, 0.1) is 6.04 Å². The molecule has 0 aliphatic heterocycles. The minimum Gasteiger partial charge on any atom is -0.326 e. The smallest absolute Gasteiger partial charge is 0.0590 e. The van der Waals surface area contributed by atoms with Gasteiger partial charge in [-0.2, -0.15) is 0 Å². The fourth-order valence-electron chi connectivity index (χ4n) is 2.31. The molecule has 1 aliphatic carbocycles. The van der Waals surface area contributed by atoms with E-state index in [-0.39, 0.29) is 6.04 Å². The van der Waals surface area contributed by atoms with Gasteiger partial charge in [-0.1, -0.05) is 12.5 Å². The third kappa shape index (κ3) is 2.25. The summed E-state index contributed by atoms with van der Waals surface area (Å²) in [6, 6.07) is 5.67. The summed E-state index contributed by atoms with van der Waals surface area (Å²) in [5.41, 5.74) is 6.11. The van der Waals surface area contributed by atoms with Gasteiger partial charge < -0.3 is 5.73 Å². The van der Waals surface area contributed by atoms with E-state index in [0.717, 1.165) is 6.04 Å². The van der Waals surface area contributed by atoms with Gasteiger partial charge in [0.15, 0.2) is 0 Å². The average Bonchev–Trinajstić information content (AvgIpc) is 2.52. The fourth-order valence-corrected chi connectivity index (χ4v) is 3.30. The van der Waals surface area contributed by atoms with Crippen molar-refractivity contribution in [2.24, 2.45) is 5.73 Å². The van der Waals surface area contributed by atoms with E-state index < -0.39 is 0 Å². The highest BCUT2D eigenvalue weighted by molar-refractivity contribution is 7.10. The van der Waals surface area contributed by atoms with E-state index in [1.54, 1.807) is 0 Å². The van der Waals surface area contributed by atoms with Crippen molar-refractivity contribution in [3.8, 4) is 0 Å². The molecule has 2 nitrogen and oxygen atoms in total. The Morgan fingerprint density at radius 2 is 2.27 bits per heavy atom. The molecule has 1 saturated carbocycles. The maximum absolute atomic E-state index is 6.11. The Bertz CT molecular complexity index is 291. The zero-order valence-corrected chi connectivity index (χ0v) is 10.3. The van der Waals surface area contributed by atoms with Crippen molar-refractivity contribution in [3.05, 3.63) is 22.4 Å². The molecule has 3 heteroatoms. The molecule has 0 spiro atoms. The summed E-state index contributed by atoms with van der Waals surface area (Å²) in [6.45, 7) is 2.11. The third-order valence-electron chi connectivity index (χ3n) is 3.42. The molecule has 84 valence electrons. The molecule has 0 radical (unpaired) electrons. The topological polar surface area (TPSA) is 29.3 Å². The number of hydrogen-bond acceptors (Lipinski definition) is 3. The number of hydrogen-bond donors (Lipinski definition) is 1. The summed E-state index contributed by atoms with van der Waals surface area (Å²) < 4.78 is 0. The normalized spacial score (nSPS) is 21.3. The molecule has 0 aromatic carbocycles. The van der Waals surface area contributed by atoms with Gasteiger partial charge in [-0.25, -0.2) is 0 Å². The summed E-state index contributed by atoms with van der Waals surface area (Å²) >= 11 is 1.82. The van der Waals surface area contributed by atoms with Gasteiger partial charge in [0, 0.05) is 17.0 Å². The second-order valence-electron chi connectivity index (χ2n) is 4.57. The number of nitrogens with zero attached hydrogens (tertiary/aromatic N) is 1. The first-order valence-electron chi connectivity index (χ1n) is 5.71. The van der Waals surface area contributed by atoms with Crippen molar-refractivity contribution in [2.45, 2.75) is 44.3 Å². The minimum atomic E-state index is 0.203. The average molecular weight is 224 g/mol. The van der Waals surface area contributed by atoms with E-state index in [1.807, 2.05) is 11.3 Å². The Morgan fingerprint density at radius 3 is 2.67 bits per heavy atom. The lowest BCUT2D eigenvalue weighted by Crippen LogP contribution is -2.45. The van der Waals surface area contributed by atoms with Crippen LogP contribution in [0.1, 0.15) is 37.1 Å². The van der Waals surface area contributed by atoms with Crippen LogP contribution in [-0.2, 0) is 0 Å². The highest BCUT2D eigenvalue weighted by Crippen LogP contribution is 2.33. The molecule has 2 atom stereocenters. The maximum Gasteiger partial charge on any atom is 0.0590 e. The van der Waals surface area contributed by atoms with Gasteiger partial charge in [0.1, 0.15) is 0 Å². The number of thiophene rings is 1. The molecule has 15 heavy (non-hydrogen) atoms. The molecule has 2 rings (SSSR count). The summed E-state index contributed by atoms with van der Waals surface area (Å²) in [5.74, 6) is 0. The van der Waals surface area contributed by atoms with Crippen LogP contribution in [-0.4, -0.2) is 24.0 Å². The lowest BCUT2D eigenvalue weighted by atomic mass is 9.89. The first kappa shape index (κ1) is 11.1. The third-order valence-corrected chi connectivity index (χ3v) is 4.37. The summed E-state index contributed by atoms with van der Waals surface area (Å²) in [4.78, 5) is 3.87. The van der Waals surface area contributed by atoms with Gasteiger partial charge in [-0.3, -0.25) is 4.90 Å². The number of rotatable bonds is 4. The molecule has 0 bridgehead atoms. The lowest BCUT2D eigenvalue weighted by Gasteiger charge is -2.41. The largest absolute Gasteiger partial charge is 0.326 e. The first-order valence-corrected chi connectivity index (χ1v) is 6.59. The van der Waals surface area contributed by atoms with Gasteiger partial charge in [0.25, 0.3) is 0 Å². The second-order valence-corrected chi connectivity index (χ2v) is 5.55. The van der Waals surface area contributed by atoms with E-state index in [0.29, 0.717) is 6.04 Å². The van der Waals surface area contributed by atoms with Gasteiger partial charge in [-0.05, 0) is 38.3 Å². The minimum absolute atomic E-state index is 0.203. The molecule has 1 aliphatic rings. The van der Waals surface area contributed by atoms with E-state index in [1.165, 1.54) is 24.1 Å². The Hall–Kier alpha value is -0.380. The van der Waals surface area contributed by atoms with Gasteiger partial charge in [-0.15, -0.1) is 11.3 Å². The van der Waals surface area contributed by atoms with Crippen LogP contribution < -0.4 is 5.73 Å². The molecule has 2 N–H and O–H groups in total. The van der Waals surface area contributed by atoms with Gasteiger partial charge >= 0.3 is 0 Å². The molecular formula is C12H20N2S. The van der Waals surface area contributed by atoms with E-state index in [9.17, 15) is 0 Å². The van der Waals surface area contributed by atoms with Crippen molar-refractivity contribution in [2.75, 3.05) is 7.05 Å². The highest BCUT2D eigenvalue weighted by atomic mass is 32.1. The predicted octanol–water partition coefficient (Wildman–Crippen LogP) is 2.62. The zero-order chi connectivity index (χ0) is 10.8. The van der Waals surface area contributed by atoms with Crippen LogP contribution in [0.4, 0.5) is 0 Å². The van der Waals surface area contributed by atoms with Crippen molar-refractivity contribution >= 4 is 11.3 Å². The molecule has 2 unspecified atom stereocenters. The van der Waals surface area contributed by atoms with E-state index in [2.05, 4.69) is 36.4 Å². The predicted molar refractivity (Wildman–Crippen MR) is 66.1 cm³/mol. The Labute approximate surface area is 96.1 Å². The van der Waals surface area contributed by atoms with Crippen LogP contribution in [0.25, 0.3) is 0 Å². The van der Waals surface area contributed by atoms with Gasteiger partial charge in [0.2, 0.25) is 0 Å². The van der Waals surface area contributed by atoms with Crippen molar-refractivity contribution < 1.29 is 0 Å². The summed E-state index contributed by atoms with van der Waals surface area (Å²) in [7, 11) is 2.22. The van der Waals surface area contributed by atoms with Crippen LogP contribution in [0.5, 0.6) is 0 Å². The zero-order valence-electron chi connectivity index (χ0n) is 9.52. The van der Waals surface area contributed by atoms with Crippen LogP contribution >= 0.6 is 11.3 Å². The quantitative estimate of drug-likeness (QED) is 0.852. The Balaban J connectivity index is 2.12. The summed E-state index contributed by atoms with van der Waals surface area (Å²) in [6.07, 6.45) is 4.06. The van der Waals surface area contributed by atoms with E-state index >= 15 is 0 Å². The highest BCUT2D eigenvalue weighted by Gasteiger charge is 2.30. The SMILES string of the molecule is CC(N)C(c1cccs1)N(C)C1CCC1. The van der Waals surface area contributed by atoms with Crippen LogP contribution in [0, 0.1) is 0 Å².